The molecule has 10 heteroatoms. The second-order valence-corrected chi connectivity index (χ2v) is 15.1. The summed E-state index contributed by atoms with van der Waals surface area (Å²) in [4.78, 5) is 30.1. The van der Waals surface area contributed by atoms with Crippen molar-refractivity contribution in [2.45, 2.75) is 57.1 Å². The van der Waals surface area contributed by atoms with Gasteiger partial charge in [-0.1, -0.05) is 88.2 Å². The maximum Gasteiger partial charge on any atom is 0.264 e. The third kappa shape index (κ3) is 9.19. The lowest BCUT2D eigenvalue weighted by Crippen LogP contribution is -2.56. The van der Waals surface area contributed by atoms with Crippen LogP contribution in [0.25, 0.3) is 0 Å². The SMILES string of the molecule is Cc1cc(Cl)ccc1N(CC(=O)N(Cc1cccc(Br)c1)C(Cc1ccccc1)C(=O)NC(C)(C)C)S(=O)(=O)c1ccccc1. The molecular weight excluding hydrogens is 674 g/mol. The van der Waals surface area contributed by atoms with E-state index in [1.54, 1.807) is 43.3 Å². The molecule has 236 valence electrons. The molecule has 0 aliphatic heterocycles. The first-order valence-electron chi connectivity index (χ1n) is 14.5. The summed E-state index contributed by atoms with van der Waals surface area (Å²) < 4.78 is 30.2. The van der Waals surface area contributed by atoms with Gasteiger partial charge in [0.15, 0.2) is 0 Å². The molecular formula is C35H37BrClN3O4S. The maximum atomic E-state index is 14.6. The van der Waals surface area contributed by atoms with Crippen LogP contribution in [0, 0.1) is 6.92 Å². The van der Waals surface area contributed by atoms with Gasteiger partial charge in [-0.2, -0.15) is 0 Å². The lowest BCUT2D eigenvalue weighted by Gasteiger charge is -2.35. The topological polar surface area (TPSA) is 86.8 Å². The number of nitrogens with zero attached hydrogens (tertiary/aromatic N) is 2. The second-order valence-electron chi connectivity index (χ2n) is 11.9. The number of anilines is 1. The molecule has 2 amide bonds. The molecule has 0 fully saturated rings. The van der Waals surface area contributed by atoms with Crippen LogP contribution < -0.4 is 9.62 Å². The van der Waals surface area contributed by atoms with Crippen LogP contribution >= 0.6 is 27.5 Å². The van der Waals surface area contributed by atoms with Gasteiger partial charge in [0.1, 0.15) is 12.6 Å². The molecule has 1 N–H and O–H groups in total. The molecule has 0 aliphatic carbocycles. The van der Waals surface area contributed by atoms with Gasteiger partial charge in [0, 0.05) is 28.0 Å². The average Bonchev–Trinajstić information content (AvgIpc) is 2.98. The first-order valence-corrected chi connectivity index (χ1v) is 17.1. The number of hydrogen-bond acceptors (Lipinski definition) is 4. The van der Waals surface area contributed by atoms with E-state index in [1.807, 2.05) is 75.4 Å². The fraction of sp³-hybridized carbons (Fsp3) is 0.257. The Morgan fingerprint density at radius 2 is 1.49 bits per heavy atom. The van der Waals surface area contributed by atoms with Crippen LogP contribution in [0.5, 0.6) is 0 Å². The second kappa shape index (κ2) is 14.6. The van der Waals surface area contributed by atoms with Crippen LogP contribution in [0.3, 0.4) is 0 Å². The molecule has 0 aliphatic rings. The third-order valence-corrected chi connectivity index (χ3v) is 9.55. The van der Waals surface area contributed by atoms with Gasteiger partial charge < -0.3 is 10.2 Å². The third-order valence-electron chi connectivity index (χ3n) is 7.05. The molecule has 7 nitrogen and oxygen atoms in total. The zero-order valence-electron chi connectivity index (χ0n) is 25.7. The Kier molecular flexibility index (Phi) is 11.1. The number of halogens is 2. The smallest absolute Gasteiger partial charge is 0.264 e. The van der Waals surface area contributed by atoms with Crippen LogP contribution in [-0.2, 0) is 32.6 Å². The van der Waals surface area contributed by atoms with Gasteiger partial charge in [0.2, 0.25) is 11.8 Å². The summed E-state index contributed by atoms with van der Waals surface area (Å²) in [6.07, 6.45) is 0.230. The van der Waals surface area contributed by atoms with E-state index < -0.39 is 34.1 Å². The van der Waals surface area contributed by atoms with Crippen LogP contribution in [0.4, 0.5) is 5.69 Å². The number of carbonyl (C=O) groups excluding carboxylic acids is 2. The molecule has 0 saturated carbocycles. The van der Waals surface area contributed by atoms with Gasteiger partial charge >= 0.3 is 0 Å². The summed E-state index contributed by atoms with van der Waals surface area (Å²) in [6.45, 7) is 6.91. The van der Waals surface area contributed by atoms with E-state index >= 15 is 0 Å². The molecule has 4 rings (SSSR count). The summed E-state index contributed by atoms with van der Waals surface area (Å²) in [6, 6.07) is 28.8. The van der Waals surface area contributed by atoms with Crippen molar-refractivity contribution in [2.75, 3.05) is 10.8 Å². The summed E-state index contributed by atoms with van der Waals surface area (Å²) in [7, 11) is -4.20. The Morgan fingerprint density at radius 1 is 0.867 bits per heavy atom. The Morgan fingerprint density at radius 3 is 2.09 bits per heavy atom. The van der Waals surface area contributed by atoms with Crippen LogP contribution in [0.15, 0.2) is 112 Å². The highest BCUT2D eigenvalue weighted by Crippen LogP contribution is 2.30. The van der Waals surface area contributed by atoms with Crippen molar-refractivity contribution in [3.8, 4) is 0 Å². The number of amides is 2. The van der Waals surface area contributed by atoms with Crippen molar-refractivity contribution < 1.29 is 18.0 Å². The quantitative estimate of drug-likeness (QED) is 0.179. The van der Waals surface area contributed by atoms with Crippen molar-refractivity contribution >= 4 is 55.1 Å². The monoisotopic (exact) mass is 709 g/mol. The zero-order chi connectivity index (χ0) is 32.8. The molecule has 0 radical (unpaired) electrons. The Hall–Kier alpha value is -3.66. The maximum absolute atomic E-state index is 14.6. The van der Waals surface area contributed by atoms with E-state index in [0.717, 1.165) is 19.9 Å². The van der Waals surface area contributed by atoms with Crippen molar-refractivity contribution in [1.29, 1.82) is 0 Å². The minimum atomic E-state index is -4.20. The summed E-state index contributed by atoms with van der Waals surface area (Å²) in [5.74, 6) is -0.872. The van der Waals surface area contributed by atoms with Crippen LogP contribution in [0.1, 0.15) is 37.5 Å². The molecule has 45 heavy (non-hydrogen) atoms. The number of rotatable bonds is 11. The molecule has 0 spiro atoms. The van der Waals surface area contributed by atoms with Crippen molar-refractivity contribution in [1.82, 2.24) is 10.2 Å². The molecule has 0 aromatic heterocycles. The number of benzene rings is 4. The minimum Gasteiger partial charge on any atom is -0.350 e. The minimum absolute atomic E-state index is 0.0389. The Bertz CT molecular complexity index is 1750. The van der Waals surface area contributed by atoms with Gasteiger partial charge in [-0.05, 0) is 86.8 Å². The van der Waals surface area contributed by atoms with Crippen LogP contribution in [0.2, 0.25) is 5.02 Å². The first-order chi connectivity index (χ1) is 21.2. The van der Waals surface area contributed by atoms with Gasteiger partial charge in [-0.3, -0.25) is 13.9 Å². The Labute approximate surface area is 279 Å². The van der Waals surface area contributed by atoms with Crippen molar-refractivity contribution in [2.24, 2.45) is 0 Å². The van der Waals surface area contributed by atoms with Crippen molar-refractivity contribution in [3.05, 3.63) is 129 Å². The summed E-state index contributed by atoms with van der Waals surface area (Å²) in [5, 5.41) is 3.48. The molecule has 1 atom stereocenters. The van der Waals surface area contributed by atoms with Gasteiger partial charge in [0.25, 0.3) is 10.0 Å². The molecule has 4 aromatic rings. The molecule has 0 heterocycles. The highest BCUT2D eigenvalue weighted by Gasteiger charge is 2.36. The lowest BCUT2D eigenvalue weighted by molar-refractivity contribution is -0.140. The predicted molar refractivity (Wildman–Crippen MR) is 184 cm³/mol. The van der Waals surface area contributed by atoms with E-state index in [4.69, 9.17) is 11.6 Å². The number of hydrogen-bond donors (Lipinski definition) is 1. The highest BCUT2D eigenvalue weighted by molar-refractivity contribution is 9.10. The van der Waals surface area contributed by atoms with E-state index in [0.29, 0.717) is 16.3 Å². The van der Waals surface area contributed by atoms with E-state index in [-0.39, 0.29) is 23.8 Å². The number of nitrogens with one attached hydrogen (secondary N) is 1. The summed E-state index contributed by atoms with van der Waals surface area (Å²) >= 11 is 9.73. The van der Waals surface area contributed by atoms with Crippen molar-refractivity contribution in [3.63, 3.8) is 0 Å². The zero-order valence-corrected chi connectivity index (χ0v) is 28.9. The Balaban J connectivity index is 1.84. The number of sulfonamides is 1. The summed E-state index contributed by atoms with van der Waals surface area (Å²) in [5.41, 5.74) is 1.97. The number of aryl methyl sites for hydroxylation is 1. The average molecular weight is 711 g/mol. The highest BCUT2D eigenvalue weighted by atomic mass is 79.9. The molecule has 0 saturated heterocycles. The van der Waals surface area contributed by atoms with Gasteiger partial charge in [-0.15, -0.1) is 0 Å². The molecule has 0 bridgehead atoms. The fourth-order valence-electron chi connectivity index (χ4n) is 4.97. The largest absolute Gasteiger partial charge is 0.350 e. The van der Waals surface area contributed by atoms with Gasteiger partial charge in [0.05, 0.1) is 10.6 Å². The van der Waals surface area contributed by atoms with E-state index in [1.165, 1.54) is 17.0 Å². The fourth-order valence-corrected chi connectivity index (χ4v) is 7.14. The predicted octanol–water partition coefficient (Wildman–Crippen LogP) is 7.16. The molecule has 4 aromatic carbocycles. The van der Waals surface area contributed by atoms with Gasteiger partial charge in [-0.25, -0.2) is 8.42 Å². The molecule has 1 unspecified atom stereocenters. The van der Waals surface area contributed by atoms with Crippen LogP contribution in [-0.4, -0.2) is 43.3 Å². The lowest BCUT2D eigenvalue weighted by atomic mass is 10.0. The van der Waals surface area contributed by atoms with E-state index in [2.05, 4.69) is 21.2 Å². The van der Waals surface area contributed by atoms with E-state index in [9.17, 15) is 18.0 Å². The number of carbonyl (C=O) groups is 2. The first kappa shape index (κ1) is 34.2. The standard InChI is InChI=1S/C35H37BrClN3O4S/c1-25-20-29(37)18-19-31(25)40(45(43,44)30-16-9-6-10-17-30)24-33(41)39(23-27-14-11-15-28(36)21-27)32(34(42)38-35(2,3)4)22-26-12-7-5-8-13-26/h5-21,32H,22-24H2,1-4H3,(H,38,42). The normalized spacial score (nSPS) is 12.3.